The van der Waals surface area contributed by atoms with Crippen molar-refractivity contribution in [2.24, 2.45) is 17.8 Å². The van der Waals surface area contributed by atoms with E-state index >= 15 is 0 Å². The zero-order valence-corrected chi connectivity index (χ0v) is 22.7. The normalized spacial score (nSPS) is 30.8. The van der Waals surface area contributed by atoms with Gasteiger partial charge in [0.2, 0.25) is 17.7 Å². The van der Waals surface area contributed by atoms with Gasteiger partial charge < -0.3 is 30.1 Å². The summed E-state index contributed by atoms with van der Waals surface area (Å²) in [6.07, 6.45) is 1.54. The number of aliphatic hydroxyl groups is 1. The smallest absolute Gasteiger partial charge is 0.250 e. The number of methoxy groups -OCH3 is 1. The number of carbonyl (C=O) groups is 3. The SMILES string of the molecule is COc1ccc(NC(=O)C2N(CCCCO)C(=O)[C@@H]3[C@H](C(=O)NCc4ccccc4)[C@@]4(C)OC23CC4C)cc1. The van der Waals surface area contributed by atoms with Gasteiger partial charge in [0.25, 0.3) is 0 Å². The number of rotatable bonds is 10. The maximum Gasteiger partial charge on any atom is 0.250 e. The van der Waals surface area contributed by atoms with E-state index in [2.05, 4.69) is 10.6 Å². The second-order valence-corrected chi connectivity index (χ2v) is 11.1. The van der Waals surface area contributed by atoms with Gasteiger partial charge in [-0.2, -0.15) is 0 Å². The predicted octanol–water partition coefficient (Wildman–Crippen LogP) is 2.73. The number of likely N-dealkylation sites (tertiary alicyclic amines) is 1. The Hall–Kier alpha value is -3.43. The maximum absolute atomic E-state index is 14.1. The topological polar surface area (TPSA) is 117 Å². The van der Waals surface area contributed by atoms with Crippen LogP contribution in [0.15, 0.2) is 54.6 Å². The Bertz CT molecular complexity index is 1220. The highest BCUT2D eigenvalue weighted by Gasteiger charge is 2.79. The third-order valence-corrected chi connectivity index (χ3v) is 8.82. The fraction of sp³-hybridized carbons (Fsp3) is 0.500. The number of nitrogens with zero attached hydrogens (tertiary/aromatic N) is 1. The van der Waals surface area contributed by atoms with Crippen molar-refractivity contribution < 1.29 is 29.0 Å². The largest absolute Gasteiger partial charge is 0.497 e. The van der Waals surface area contributed by atoms with E-state index < -0.39 is 29.1 Å². The van der Waals surface area contributed by atoms with Crippen LogP contribution in [0.25, 0.3) is 0 Å². The van der Waals surface area contributed by atoms with Crippen LogP contribution < -0.4 is 15.4 Å². The monoisotopic (exact) mass is 535 g/mol. The summed E-state index contributed by atoms with van der Waals surface area (Å²) in [6, 6.07) is 15.7. The van der Waals surface area contributed by atoms with Crippen LogP contribution in [0.2, 0.25) is 0 Å². The lowest BCUT2D eigenvalue weighted by Gasteiger charge is -2.36. The number of carbonyl (C=O) groups excluding carboxylic acids is 3. The quantitative estimate of drug-likeness (QED) is 0.403. The van der Waals surface area contributed by atoms with Crippen molar-refractivity contribution in [3.63, 3.8) is 0 Å². The number of aliphatic hydroxyl groups excluding tert-OH is 1. The predicted molar refractivity (Wildman–Crippen MR) is 145 cm³/mol. The van der Waals surface area contributed by atoms with E-state index in [1.807, 2.05) is 44.2 Å². The standard InChI is InChI=1S/C30H37N3O6/c1-19-17-30-24(23(29(19,2)39-30)26(35)31-18-20-9-5-4-6-10-20)28(37)33(15-7-8-16-34)25(30)27(36)32-21-11-13-22(38-3)14-12-21/h4-6,9-14,19,23-25,34H,7-8,15-18H2,1-3H3,(H,31,35)(H,32,36)/t19?,23-,24+,25?,29+,30?/m1/s1. The molecule has 1 spiro atoms. The number of benzene rings is 2. The van der Waals surface area contributed by atoms with Gasteiger partial charge in [0.15, 0.2) is 0 Å². The van der Waals surface area contributed by atoms with Crippen molar-refractivity contribution >= 4 is 23.4 Å². The van der Waals surface area contributed by atoms with E-state index in [-0.39, 0.29) is 30.2 Å². The molecule has 3 N–H and O–H groups in total. The van der Waals surface area contributed by atoms with Crippen molar-refractivity contribution in [2.45, 2.75) is 56.9 Å². The summed E-state index contributed by atoms with van der Waals surface area (Å²) in [5.41, 5.74) is -0.456. The molecule has 2 aromatic carbocycles. The summed E-state index contributed by atoms with van der Waals surface area (Å²) < 4.78 is 11.9. The summed E-state index contributed by atoms with van der Waals surface area (Å²) >= 11 is 0. The first kappa shape index (κ1) is 27.1. The number of fused-ring (bicyclic) bond motifs is 1. The van der Waals surface area contributed by atoms with E-state index in [1.54, 1.807) is 36.3 Å². The van der Waals surface area contributed by atoms with Gasteiger partial charge in [-0.3, -0.25) is 14.4 Å². The van der Waals surface area contributed by atoms with Gasteiger partial charge >= 0.3 is 0 Å². The second-order valence-electron chi connectivity index (χ2n) is 11.1. The Kier molecular flexibility index (Phi) is 7.39. The molecule has 3 heterocycles. The molecule has 208 valence electrons. The molecule has 0 radical (unpaired) electrons. The van der Waals surface area contributed by atoms with E-state index in [9.17, 15) is 19.5 Å². The van der Waals surface area contributed by atoms with E-state index in [0.29, 0.717) is 43.8 Å². The van der Waals surface area contributed by atoms with Crippen LogP contribution >= 0.6 is 0 Å². The van der Waals surface area contributed by atoms with Crippen LogP contribution in [-0.4, -0.2) is 65.2 Å². The second kappa shape index (κ2) is 10.6. The molecule has 6 atom stereocenters. The van der Waals surface area contributed by atoms with Crippen LogP contribution in [0.3, 0.4) is 0 Å². The maximum atomic E-state index is 14.1. The molecule has 9 nitrogen and oxygen atoms in total. The van der Waals surface area contributed by atoms with Crippen LogP contribution in [-0.2, 0) is 25.7 Å². The van der Waals surface area contributed by atoms with Crippen LogP contribution in [0.4, 0.5) is 5.69 Å². The molecule has 3 amide bonds. The fourth-order valence-electron chi connectivity index (χ4n) is 6.85. The Morgan fingerprint density at radius 3 is 2.49 bits per heavy atom. The molecule has 3 fully saturated rings. The van der Waals surface area contributed by atoms with Crippen molar-refractivity contribution in [1.82, 2.24) is 10.2 Å². The highest BCUT2D eigenvalue weighted by atomic mass is 16.5. The van der Waals surface area contributed by atoms with Crippen molar-refractivity contribution in [2.75, 3.05) is 25.6 Å². The molecule has 2 aromatic rings. The Balaban J connectivity index is 1.46. The van der Waals surface area contributed by atoms with Crippen LogP contribution in [0.1, 0.15) is 38.7 Å². The number of hydrogen-bond acceptors (Lipinski definition) is 6. The fourth-order valence-corrected chi connectivity index (χ4v) is 6.85. The van der Waals surface area contributed by atoms with Crippen LogP contribution in [0, 0.1) is 17.8 Å². The summed E-state index contributed by atoms with van der Waals surface area (Å²) in [7, 11) is 1.57. The molecule has 39 heavy (non-hydrogen) atoms. The number of hydrogen-bond donors (Lipinski definition) is 3. The number of ether oxygens (including phenoxy) is 2. The molecule has 5 rings (SSSR count). The molecule has 3 aliphatic heterocycles. The summed E-state index contributed by atoms with van der Waals surface area (Å²) in [6.45, 7) is 4.57. The first-order chi connectivity index (χ1) is 18.7. The number of nitrogens with one attached hydrogen (secondary N) is 2. The Labute approximate surface area is 228 Å². The summed E-state index contributed by atoms with van der Waals surface area (Å²) in [4.78, 5) is 43.3. The highest BCUT2D eigenvalue weighted by molar-refractivity contribution is 6.03. The molecule has 0 aliphatic carbocycles. The average molecular weight is 536 g/mol. The van der Waals surface area contributed by atoms with E-state index in [4.69, 9.17) is 9.47 Å². The minimum Gasteiger partial charge on any atom is -0.497 e. The number of anilines is 1. The lowest BCUT2D eigenvalue weighted by molar-refractivity contribution is -0.146. The third kappa shape index (κ3) is 4.57. The van der Waals surface area contributed by atoms with Crippen molar-refractivity contribution in [3.05, 3.63) is 60.2 Å². The lowest BCUT2D eigenvalue weighted by atomic mass is 9.62. The Morgan fingerprint density at radius 2 is 1.82 bits per heavy atom. The van der Waals surface area contributed by atoms with Gasteiger partial charge in [0, 0.05) is 25.4 Å². The van der Waals surface area contributed by atoms with Gasteiger partial charge in [-0.1, -0.05) is 37.3 Å². The first-order valence-corrected chi connectivity index (χ1v) is 13.6. The average Bonchev–Trinajstić information content (AvgIpc) is 3.45. The number of amides is 3. The van der Waals surface area contributed by atoms with Crippen molar-refractivity contribution in [3.8, 4) is 5.75 Å². The molecular weight excluding hydrogens is 498 g/mol. The zero-order chi connectivity index (χ0) is 27.8. The van der Waals surface area contributed by atoms with Gasteiger partial charge in [-0.25, -0.2) is 0 Å². The van der Waals surface area contributed by atoms with Gasteiger partial charge in [-0.05, 0) is 61.9 Å². The van der Waals surface area contributed by atoms with Gasteiger partial charge in [0.1, 0.15) is 17.4 Å². The first-order valence-electron chi connectivity index (χ1n) is 13.6. The molecule has 3 unspecified atom stereocenters. The van der Waals surface area contributed by atoms with Crippen molar-refractivity contribution in [1.29, 1.82) is 0 Å². The molecular formula is C30H37N3O6. The molecule has 3 aliphatic rings. The molecule has 0 saturated carbocycles. The lowest BCUT2D eigenvalue weighted by Crippen LogP contribution is -2.54. The third-order valence-electron chi connectivity index (χ3n) is 8.82. The van der Waals surface area contributed by atoms with E-state index in [1.165, 1.54) is 0 Å². The zero-order valence-electron chi connectivity index (χ0n) is 22.7. The van der Waals surface area contributed by atoms with E-state index in [0.717, 1.165) is 5.56 Å². The Morgan fingerprint density at radius 1 is 1.10 bits per heavy atom. The van der Waals surface area contributed by atoms with Crippen LogP contribution in [0.5, 0.6) is 5.75 Å². The molecule has 2 bridgehead atoms. The molecule has 3 saturated heterocycles. The summed E-state index contributed by atoms with van der Waals surface area (Å²) in [5.74, 6) is -1.69. The van der Waals surface area contributed by atoms with Gasteiger partial charge in [-0.15, -0.1) is 0 Å². The minimum absolute atomic E-state index is 0.00453. The molecule has 0 aromatic heterocycles. The molecule has 9 heteroatoms. The van der Waals surface area contributed by atoms with Gasteiger partial charge in [0.05, 0.1) is 24.5 Å². The minimum atomic E-state index is -1.12. The summed E-state index contributed by atoms with van der Waals surface area (Å²) in [5, 5.41) is 15.3. The highest BCUT2D eigenvalue weighted by Crippen LogP contribution is 2.65. The number of unbranched alkanes of at least 4 members (excludes halogenated alkanes) is 1.